The maximum absolute atomic E-state index is 12.2. The van der Waals surface area contributed by atoms with Crippen molar-refractivity contribution >= 4 is 5.91 Å². The first-order chi connectivity index (χ1) is 7.80. The van der Waals surface area contributed by atoms with Crippen LogP contribution in [0.2, 0.25) is 0 Å². The molecule has 0 aromatic heterocycles. The van der Waals surface area contributed by atoms with E-state index in [0.717, 1.165) is 4.90 Å². The monoisotopic (exact) mass is 254 g/mol. The van der Waals surface area contributed by atoms with Crippen LogP contribution in [0.3, 0.4) is 0 Å². The van der Waals surface area contributed by atoms with E-state index < -0.39 is 18.6 Å². The van der Waals surface area contributed by atoms with Gasteiger partial charge in [0.15, 0.2) is 0 Å². The molecule has 0 saturated heterocycles. The number of rotatable bonds is 7. The predicted octanol–water partition coefficient (Wildman–Crippen LogP) is 2.16. The summed E-state index contributed by atoms with van der Waals surface area (Å²) in [5.41, 5.74) is 5.39. The van der Waals surface area contributed by atoms with Gasteiger partial charge in [-0.05, 0) is 25.3 Å². The molecule has 1 unspecified atom stereocenters. The second kappa shape index (κ2) is 7.53. The summed E-state index contributed by atoms with van der Waals surface area (Å²) in [4.78, 5) is 12.5. The van der Waals surface area contributed by atoms with Gasteiger partial charge >= 0.3 is 6.18 Å². The molecule has 3 nitrogen and oxygen atoms in total. The van der Waals surface area contributed by atoms with Crippen molar-refractivity contribution in [3.05, 3.63) is 0 Å². The van der Waals surface area contributed by atoms with Crippen molar-refractivity contribution in [1.82, 2.24) is 4.90 Å². The third-order valence-electron chi connectivity index (χ3n) is 2.47. The van der Waals surface area contributed by atoms with E-state index >= 15 is 0 Å². The number of carbonyl (C=O) groups is 1. The van der Waals surface area contributed by atoms with Crippen molar-refractivity contribution in [1.29, 1.82) is 0 Å². The highest BCUT2D eigenvalue weighted by Gasteiger charge is 2.32. The third kappa shape index (κ3) is 8.01. The van der Waals surface area contributed by atoms with Crippen LogP contribution in [0.4, 0.5) is 13.2 Å². The first kappa shape index (κ1) is 16.2. The molecule has 0 heterocycles. The molecule has 0 bridgehead atoms. The fraction of sp³-hybridized carbons (Fsp3) is 0.909. The summed E-state index contributed by atoms with van der Waals surface area (Å²) in [7, 11) is 0. The van der Waals surface area contributed by atoms with E-state index in [1.165, 1.54) is 0 Å². The van der Waals surface area contributed by atoms with Gasteiger partial charge in [0, 0.05) is 13.0 Å². The number of nitrogens with zero attached hydrogens (tertiary/aromatic N) is 1. The lowest BCUT2D eigenvalue weighted by molar-refractivity contribution is -0.161. The van der Waals surface area contributed by atoms with Crippen LogP contribution >= 0.6 is 0 Å². The lowest BCUT2D eigenvalue weighted by atomic mass is 10.1. The van der Waals surface area contributed by atoms with Crippen LogP contribution in [0, 0.1) is 5.92 Å². The molecule has 0 aliphatic heterocycles. The maximum Gasteiger partial charge on any atom is 0.406 e. The van der Waals surface area contributed by atoms with Crippen LogP contribution in [-0.4, -0.2) is 36.6 Å². The van der Waals surface area contributed by atoms with E-state index in [-0.39, 0.29) is 18.9 Å². The Balaban J connectivity index is 4.24. The Morgan fingerprint density at radius 2 is 2.00 bits per heavy atom. The van der Waals surface area contributed by atoms with Crippen molar-refractivity contribution in [2.75, 3.05) is 19.6 Å². The fourth-order valence-corrected chi connectivity index (χ4v) is 1.42. The Labute approximate surface area is 100 Å². The molecule has 0 aliphatic carbocycles. The zero-order chi connectivity index (χ0) is 13.5. The molecule has 0 aromatic carbocycles. The summed E-state index contributed by atoms with van der Waals surface area (Å²) < 4.78 is 36.7. The first-order valence-electron chi connectivity index (χ1n) is 5.84. The fourth-order valence-electron chi connectivity index (χ4n) is 1.42. The van der Waals surface area contributed by atoms with E-state index in [1.54, 1.807) is 6.92 Å². The average Bonchev–Trinajstić information content (AvgIpc) is 2.23. The Morgan fingerprint density at radius 1 is 1.41 bits per heavy atom. The Morgan fingerprint density at radius 3 is 2.41 bits per heavy atom. The molecule has 0 radical (unpaired) electrons. The molecular formula is C11H21F3N2O. The number of carbonyl (C=O) groups excluding carboxylic acids is 1. The second-order valence-corrected chi connectivity index (χ2v) is 4.31. The molecule has 1 atom stereocenters. The van der Waals surface area contributed by atoms with Gasteiger partial charge in [-0.1, -0.05) is 13.8 Å². The normalized spacial score (nSPS) is 13.5. The summed E-state index contributed by atoms with van der Waals surface area (Å²) in [5.74, 6) is -0.280. The maximum atomic E-state index is 12.2. The van der Waals surface area contributed by atoms with Crippen molar-refractivity contribution in [2.24, 2.45) is 11.7 Å². The largest absolute Gasteiger partial charge is 0.406 e. The summed E-state index contributed by atoms with van der Waals surface area (Å²) in [5, 5.41) is 0. The zero-order valence-corrected chi connectivity index (χ0v) is 10.4. The minimum absolute atomic E-state index is 0.133. The molecule has 0 aliphatic rings. The van der Waals surface area contributed by atoms with E-state index in [1.807, 2.05) is 6.92 Å². The van der Waals surface area contributed by atoms with Gasteiger partial charge in [0.2, 0.25) is 5.91 Å². The summed E-state index contributed by atoms with van der Waals surface area (Å²) in [6.45, 7) is 3.06. The first-order valence-corrected chi connectivity index (χ1v) is 5.84. The molecule has 0 fully saturated rings. The Kier molecular flexibility index (Phi) is 7.18. The van der Waals surface area contributed by atoms with Crippen LogP contribution in [0.5, 0.6) is 0 Å². The van der Waals surface area contributed by atoms with Gasteiger partial charge in [-0.15, -0.1) is 0 Å². The van der Waals surface area contributed by atoms with Crippen molar-refractivity contribution in [2.45, 2.75) is 39.3 Å². The summed E-state index contributed by atoms with van der Waals surface area (Å²) in [6, 6.07) is 0. The smallest absolute Gasteiger partial charge is 0.334 e. The number of amides is 1. The van der Waals surface area contributed by atoms with Crippen LogP contribution in [0.15, 0.2) is 0 Å². The van der Waals surface area contributed by atoms with E-state index in [4.69, 9.17) is 5.73 Å². The number of hydrogen-bond donors (Lipinski definition) is 1. The molecule has 0 spiro atoms. The lowest BCUT2D eigenvalue weighted by Gasteiger charge is -2.24. The highest BCUT2D eigenvalue weighted by atomic mass is 19.4. The molecule has 0 saturated carbocycles. The Hall–Kier alpha value is -0.780. The van der Waals surface area contributed by atoms with Gasteiger partial charge in [-0.25, -0.2) is 0 Å². The standard InChI is InChI=1S/C11H21F3N2O/c1-3-6-16(8-11(12,13)14)10(17)5-4-9(2)7-15/h9H,3-8,15H2,1-2H3. The Bertz CT molecular complexity index is 231. The molecular weight excluding hydrogens is 233 g/mol. The van der Waals surface area contributed by atoms with Gasteiger partial charge in [0.1, 0.15) is 6.54 Å². The van der Waals surface area contributed by atoms with Crippen molar-refractivity contribution in [3.8, 4) is 0 Å². The molecule has 102 valence electrons. The van der Waals surface area contributed by atoms with Gasteiger partial charge in [-0.2, -0.15) is 13.2 Å². The summed E-state index contributed by atoms with van der Waals surface area (Å²) >= 11 is 0. The molecule has 1 amide bonds. The van der Waals surface area contributed by atoms with Crippen molar-refractivity contribution in [3.63, 3.8) is 0 Å². The number of halogens is 3. The molecule has 0 aromatic rings. The molecule has 2 N–H and O–H groups in total. The minimum Gasteiger partial charge on any atom is -0.334 e. The van der Waals surface area contributed by atoms with E-state index in [9.17, 15) is 18.0 Å². The predicted molar refractivity (Wildman–Crippen MR) is 60.4 cm³/mol. The van der Waals surface area contributed by atoms with Gasteiger partial charge in [-0.3, -0.25) is 4.79 Å². The van der Waals surface area contributed by atoms with Crippen LogP contribution in [0.25, 0.3) is 0 Å². The molecule has 0 rings (SSSR count). The SMILES string of the molecule is CCCN(CC(F)(F)F)C(=O)CCC(C)CN. The highest BCUT2D eigenvalue weighted by molar-refractivity contribution is 5.76. The highest BCUT2D eigenvalue weighted by Crippen LogP contribution is 2.18. The quantitative estimate of drug-likeness (QED) is 0.756. The zero-order valence-electron chi connectivity index (χ0n) is 10.4. The van der Waals surface area contributed by atoms with Crippen LogP contribution in [-0.2, 0) is 4.79 Å². The summed E-state index contributed by atoms with van der Waals surface area (Å²) in [6.07, 6.45) is -3.14. The van der Waals surface area contributed by atoms with Gasteiger partial charge < -0.3 is 10.6 Å². The lowest BCUT2D eigenvalue weighted by Crippen LogP contribution is -2.39. The van der Waals surface area contributed by atoms with E-state index in [2.05, 4.69) is 0 Å². The third-order valence-corrected chi connectivity index (χ3v) is 2.47. The topological polar surface area (TPSA) is 46.3 Å². The number of alkyl halides is 3. The van der Waals surface area contributed by atoms with Gasteiger partial charge in [0.25, 0.3) is 0 Å². The number of hydrogen-bond acceptors (Lipinski definition) is 2. The van der Waals surface area contributed by atoms with Gasteiger partial charge in [0.05, 0.1) is 0 Å². The van der Waals surface area contributed by atoms with Crippen molar-refractivity contribution < 1.29 is 18.0 Å². The average molecular weight is 254 g/mol. The molecule has 17 heavy (non-hydrogen) atoms. The van der Waals surface area contributed by atoms with Crippen LogP contribution in [0.1, 0.15) is 33.1 Å². The van der Waals surface area contributed by atoms with Crippen LogP contribution < -0.4 is 5.73 Å². The molecule has 6 heteroatoms. The van der Waals surface area contributed by atoms with E-state index in [0.29, 0.717) is 19.4 Å². The number of nitrogens with two attached hydrogens (primary N) is 1. The second-order valence-electron chi connectivity index (χ2n) is 4.31. The minimum atomic E-state index is -4.33.